The number of unbranched alkanes of at least 4 members (excludes halogenated alkanes) is 3. The number of rotatable bonds is 9. The SMILES string of the molecule is O=P(OCl)(OCl)OCCCCCCBr. The Kier molecular flexibility index (Phi) is 10.2. The van der Waals surface area contributed by atoms with Crippen molar-refractivity contribution < 1.29 is 17.2 Å². The summed E-state index contributed by atoms with van der Waals surface area (Å²) in [5.74, 6) is 0. The monoisotopic (exact) mass is 328 g/mol. The lowest BCUT2D eigenvalue weighted by molar-refractivity contribution is 0.215. The van der Waals surface area contributed by atoms with Gasteiger partial charge in [0.05, 0.1) is 30.3 Å². The molecule has 0 unspecified atom stereocenters. The summed E-state index contributed by atoms with van der Waals surface area (Å²) in [5, 5.41) is 0.988. The third kappa shape index (κ3) is 7.46. The third-order valence-electron chi connectivity index (χ3n) is 1.45. The summed E-state index contributed by atoms with van der Waals surface area (Å²) >= 11 is 13.1. The number of hydrogen-bond donors (Lipinski definition) is 0. The normalized spacial score (nSPS) is 11.9. The van der Waals surface area contributed by atoms with E-state index in [1.54, 1.807) is 0 Å². The van der Waals surface area contributed by atoms with Gasteiger partial charge in [0.25, 0.3) is 0 Å². The smallest absolute Gasteiger partial charge is 0.285 e. The Morgan fingerprint density at radius 3 is 2.14 bits per heavy atom. The van der Waals surface area contributed by atoms with E-state index in [-0.39, 0.29) is 6.61 Å². The van der Waals surface area contributed by atoms with Crippen molar-refractivity contribution in [1.29, 1.82) is 0 Å². The number of hydrogen-bond acceptors (Lipinski definition) is 4. The van der Waals surface area contributed by atoms with Crippen molar-refractivity contribution >= 4 is 47.5 Å². The van der Waals surface area contributed by atoms with Crippen molar-refractivity contribution in [3.8, 4) is 0 Å². The zero-order valence-electron chi connectivity index (χ0n) is 7.46. The highest BCUT2D eigenvalue weighted by Gasteiger charge is 2.26. The van der Waals surface area contributed by atoms with E-state index < -0.39 is 7.82 Å². The summed E-state index contributed by atoms with van der Waals surface area (Å²) in [6.45, 7) is 0.249. The van der Waals surface area contributed by atoms with Gasteiger partial charge in [-0.25, -0.2) is 4.57 Å². The van der Waals surface area contributed by atoms with Crippen LogP contribution in [-0.4, -0.2) is 11.9 Å². The molecule has 0 aliphatic carbocycles. The fraction of sp³-hybridized carbons (Fsp3) is 1.00. The first-order valence-electron chi connectivity index (χ1n) is 4.09. The first-order valence-corrected chi connectivity index (χ1v) is 7.29. The number of phosphoric acid groups is 1. The molecule has 0 aromatic rings. The lowest BCUT2D eigenvalue weighted by Crippen LogP contribution is -1.94. The van der Waals surface area contributed by atoms with Crippen molar-refractivity contribution in [2.45, 2.75) is 25.7 Å². The topological polar surface area (TPSA) is 44.8 Å². The molecule has 0 atom stereocenters. The van der Waals surface area contributed by atoms with E-state index in [4.69, 9.17) is 28.3 Å². The molecule has 0 bridgehead atoms. The van der Waals surface area contributed by atoms with E-state index in [1.807, 2.05) is 0 Å². The highest BCUT2D eigenvalue weighted by atomic mass is 79.9. The molecule has 0 aromatic heterocycles. The van der Waals surface area contributed by atoms with Gasteiger partial charge in [0.15, 0.2) is 0 Å². The van der Waals surface area contributed by atoms with Crippen molar-refractivity contribution in [3.05, 3.63) is 0 Å². The summed E-state index contributed by atoms with van der Waals surface area (Å²) in [6, 6.07) is 0. The first kappa shape index (κ1) is 15.2. The number of alkyl halides is 1. The molecule has 4 nitrogen and oxygen atoms in total. The van der Waals surface area contributed by atoms with E-state index >= 15 is 0 Å². The Hall–Kier alpha value is 1.17. The van der Waals surface area contributed by atoms with E-state index in [0.717, 1.165) is 31.0 Å². The van der Waals surface area contributed by atoms with Crippen molar-refractivity contribution in [2.24, 2.45) is 0 Å². The molecule has 8 heteroatoms. The second-order valence-corrected chi connectivity index (χ2v) is 5.57. The Morgan fingerprint density at radius 2 is 1.64 bits per heavy atom. The zero-order valence-corrected chi connectivity index (χ0v) is 11.4. The molecule has 0 amide bonds. The molecule has 0 saturated carbocycles. The Morgan fingerprint density at radius 1 is 1.07 bits per heavy atom. The van der Waals surface area contributed by atoms with Crippen molar-refractivity contribution in [3.63, 3.8) is 0 Å². The second-order valence-electron chi connectivity index (χ2n) is 2.52. The minimum atomic E-state index is -3.72. The molecule has 0 aromatic carbocycles. The van der Waals surface area contributed by atoms with E-state index in [9.17, 15) is 4.57 Å². The number of halogens is 3. The molecule has 0 aliphatic rings. The molecule has 14 heavy (non-hydrogen) atoms. The summed E-state index contributed by atoms with van der Waals surface area (Å²) in [6.07, 6.45) is 3.94. The van der Waals surface area contributed by atoms with Crippen LogP contribution < -0.4 is 0 Å². The van der Waals surface area contributed by atoms with Gasteiger partial charge in [-0.1, -0.05) is 28.8 Å². The maximum atomic E-state index is 11.1. The third-order valence-corrected chi connectivity index (χ3v) is 3.86. The average molecular weight is 330 g/mol. The minimum Gasteiger partial charge on any atom is -0.285 e. The molecule has 86 valence electrons. The molecule has 0 saturated heterocycles. The molecule has 0 fully saturated rings. The first-order chi connectivity index (χ1) is 6.68. The minimum absolute atomic E-state index is 0.249. The second kappa shape index (κ2) is 9.40. The van der Waals surface area contributed by atoms with Gasteiger partial charge in [-0.2, -0.15) is 8.15 Å². The molecule has 0 heterocycles. The summed E-state index contributed by atoms with van der Waals surface area (Å²) in [7, 11) is -3.72. The highest BCUT2D eigenvalue weighted by molar-refractivity contribution is 9.09. The van der Waals surface area contributed by atoms with Gasteiger partial charge in [-0.3, -0.25) is 4.52 Å². The molecule has 0 aliphatic heterocycles. The van der Waals surface area contributed by atoms with Crippen LogP contribution in [0, 0.1) is 0 Å². The van der Waals surface area contributed by atoms with E-state index in [2.05, 4.69) is 24.1 Å². The highest BCUT2D eigenvalue weighted by Crippen LogP contribution is 2.51. The van der Waals surface area contributed by atoms with Crippen LogP contribution in [0.3, 0.4) is 0 Å². The Balaban J connectivity index is 3.39. The standard InChI is InChI=1S/C6H12BrCl2O4P/c7-5-3-1-2-4-6-11-14(10,12-8)13-9/h1-6H2. The van der Waals surface area contributed by atoms with Crippen LogP contribution in [0.2, 0.25) is 0 Å². The van der Waals surface area contributed by atoms with Gasteiger partial charge < -0.3 is 0 Å². The predicted octanol–water partition coefficient (Wildman–Crippen LogP) is 4.41. The quantitative estimate of drug-likeness (QED) is 0.357. The van der Waals surface area contributed by atoms with E-state index in [0.29, 0.717) is 0 Å². The van der Waals surface area contributed by atoms with Gasteiger partial charge in [-0.05, 0) is 12.8 Å². The van der Waals surface area contributed by atoms with Crippen LogP contribution in [0.15, 0.2) is 0 Å². The summed E-state index contributed by atoms with van der Waals surface area (Å²) < 4.78 is 23.8. The lowest BCUT2D eigenvalue weighted by Gasteiger charge is -2.08. The summed E-state index contributed by atoms with van der Waals surface area (Å²) in [4.78, 5) is 0. The maximum Gasteiger partial charge on any atom is 0.507 e. The molecular formula is C6H12BrCl2O4P. The van der Waals surface area contributed by atoms with Gasteiger partial charge in [-0.15, -0.1) is 0 Å². The largest absolute Gasteiger partial charge is 0.507 e. The van der Waals surface area contributed by atoms with Crippen LogP contribution in [0.5, 0.6) is 0 Å². The Labute approximate surface area is 102 Å². The van der Waals surface area contributed by atoms with E-state index in [1.165, 1.54) is 0 Å². The van der Waals surface area contributed by atoms with Crippen LogP contribution in [0.4, 0.5) is 0 Å². The fourth-order valence-corrected chi connectivity index (χ4v) is 2.12. The molecule has 0 rings (SSSR count). The summed E-state index contributed by atoms with van der Waals surface area (Å²) in [5.41, 5.74) is 0. The zero-order chi connectivity index (χ0) is 10.9. The average Bonchev–Trinajstić information content (AvgIpc) is 2.23. The molecular weight excluding hydrogens is 318 g/mol. The van der Waals surface area contributed by atoms with Crippen molar-refractivity contribution in [2.75, 3.05) is 11.9 Å². The van der Waals surface area contributed by atoms with Crippen LogP contribution in [-0.2, 0) is 17.2 Å². The van der Waals surface area contributed by atoms with Crippen molar-refractivity contribution in [1.82, 2.24) is 0 Å². The fourth-order valence-electron chi connectivity index (χ4n) is 0.777. The van der Waals surface area contributed by atoms with Crippen LogP contribution in [0.25, 0.3) is 0 Å². The van der Waals surface area contributed by atoms with Gasteiger partial charge in [0.1, 0.15) is 0 Å². The van der Waals surface area contributed by atoms with Gasteiger partial charge in [0.2, 0.25) is 0 Å². The molecule has 0 spiro atoms. The van der Waals surface area contributed by atoms with Crippen LogP contribution in [0.1, 0.15) is 25.7 Å². The molecule has 0 N–H and O–H groups in total. The van der Waals surface area contributed by atoms with Gasteiger partial charge >= 0.3 is 7.82 Å². The predicted molar refractivity (Wildman–Crippen MR) is 59.7 cm³/mol. The Bertz CT molecular complexity index is 175. The maximum absolute atomic E-state index is 11.1. The van der Waals surface area contributed by atoms with Crippen LogP contribution >= 0.6 is 47.5 Å². The molecule has 0 radical (unpaired) electrons. The van der Waals surface area contributed by atoms with Gasteiger partial charge in [0, 0.05) is 5.33 Å². The lowest BCUT2D eigenvalue weighted by atomic mass is 10.2.